The van der Waals surface area contributed by atoms with Gasteiger partial charge in [0.15, 0.2) is 0 Å². The van der Waals surface area contributed by atoms with E-state index in [4.69, 9.17) is 9.47 Å². The fourth-order valence-electron chi connectivity index (χ4n) is 3.26. The number of imide groups is 1. The van der Waals surface area contributed by atoms with Crippen LogP contribution in [0.15, 0.2) is 36.5 Å². The lowest BCUT2D eigenvalue weighted by molar-refractivity contribution is -0.121. The second-order valence-corrected chi connectivity index (χ2v) is 6.93. The maximum absolute atomic E-state index is 12.7. The quantitative estimate of drug-likeness (QED) is 0.838. The van der Waals surface area contributed by atoms with Crippen LogP contribution in [0.3, 0.4) is 0 Å². The van der Waals surface area contributed by atoms with E-state index >= 15 is 0 Å². The summed E-state index contributed by atoms with van der Waals surface area (Å²) in [5.74, 6) is 1.43. The maximum atomic E-state index is 12.7. The van der Waals surface area contributed by atoms with E-state index in [9.17, 15) is 9.59 Å². The van der Waals surface area contributed by atoms with Gasteiger partial charge in [-0.15, -0.1) is 0 Å². The summed E-state index contributed by atoms with van der Waals surface area (Å²) in [6.07, 6.45) is 4.03. The molecule has 0 spiro atoms. The number of fused-ring (bicyclic) bond motifs is 1. The number of amides is 3. The van der Waals surface area contributed by atoms with Gasteiger partial charge in [0.1, 0.15) is 17.0 Å². The number of carbonyl (C=O) groups is 2. The molecule has 0 bridgehead atoms. The molecule has 0 saturated carbocycles. The zero-order valence-electron chi connectivity index (χ0n) is 15.3. The number of aromatic nitrogens is 1. The van der Waals surface area contributed by atoms with Gasteiger partial charge in [-0.05, 0) is 43.9 Å². The third-order valence-electron chi connectivity index (χ3n) is 5.05. The monoisotopic (exact) mass is 367 g/mol. The predicted octanol–water partition coefficient (Wildman–Crippen LogP) is 3.42. The number of rotatable bonds is 4. The number of hydrogen-bond donors (Lipinski definition) is 1. The van der Waals surface area contributed by atoms with Gasteiger partial charge in [0.25, 0.3) is 5.91 Å². The number of nitrogens with zero attached hydrogens (tertiary/aromatic N) is 2. The standard InChI is InChI=1S/C20H21N3O4/c1-3-20(2)18(24)23(19(25)22-20)14-8-9-21-17(11-14)27-15-7-6-13-5-4-10-26-16(13)12-15/h6-9,11-12H,3-5,10H2,1-2H3,(H,22,25). The zero-order chi connectivity index (χ0) is 19.0. The Kier molecular flexibility index (Phi) is 4.22. The molecule has 2 aliphatic heterocycles. The predicted molar refractivity (Wildman–Crippen MR) is 99.3 cm³/mol. The van der Waals surface area contributed by atoms with E-state index in [1.807, 2.05) is 25.1 Å². The van der Waals surface area contributed by atoms with Crippen molar-refractivity contribution < 1.29 is 19.1 Å². The highest BCUT2D eigenvalue weighted by atomic mass is 16.5. The number of ether oxygens (including phenoxy) is 2. The van der Waals surface area contributed by atoms with Crippen molar-refractivity contribution in [2.75, 3.05) is 11.5 Å². The van der Waals surface area contributed by atoms with Gasteiger partial charge in [-0.25, -0.2) is 14.7 Å². The number of nitrogens with one attached hydrogen (secondary N) is 1. The number of anilines is 1. The van der Waals surface area contributed by atoms with Gasteiger partial charge in [-0.1, -0.05) is 13.0 Å². The Bertz CT molecular complexity index is 914. The van der Waals surface area contributed by atoms with Crippen LogP contribution in [0, 0.1) is 0 Å². The highest BCUT2D eigenvalue weighted by molar-refractivity contribution is 6.23. The van der Waals surface area contributed by atoms with Crippen LogP contribution < -0.4 is 19.7 Å². The molecule has 140 valence electrons. The summed E-state index contributed by atoms with van der Waals surface area (Å²) in [6, 6.07) is 8.44. The molecule has 4 rings (SSSR count). The average molecular weight is 367 g/mol. The van der Waals surface area contributed by atoms with Gasteiger partial charge in [-0.3, -0.25) is 4.79 Å². The van der Waals surface area contributed by atoms with Crippen LogP contribution >= 0.6 is 0 Å². The molecule has 7 heteroatoms. The number of benzene rings is 1. The second-order valence-electron chi connectivity index (χ2n) is 6.93. The molecule has 1 fully saturated rings. The Balaban J connectivity index is 1.58. The second kappa shape index (κ2) is 6.57. The normalized spacial score (nSPS) is 21.5. The number of aryl methyl sites for hydroxylation is 1. The van der Waals surface area contributed by atoms with Crippen molar-refractivity contribution >= 4 is 17.6 Å². The molecule has 3 heterocycles. The Morgan fingerprint density at radius 2 is 2.15 bits per heavy atom. The summed E-state index contributed by atoms with van der Waals surface area (Å²) in [7, 11) is 0. The van der Waals surface area contributed by atoms with Crippen molar-refractivity contribution in [2.24, 2.45) is 0 Å². The van der Waals surface area contributed by atoms with Gasteiger partial charge in [0.2, 0.25) is 5.88 Å². The van der Waals surface area contributed by atoms with E-state index in [1.165, 1.54) is 6.20 Å². The first kappa shape index (κ1) is 17.3. The maximum Gasteiger partial charge on any atom is 0.329 e. The van der Waals surface area contributed by atoms with Crippen molar-refractivity contribution in [2.45, 2.75) is 38.6 Å². The zero-order valence-corrected chi connectivity index (χ0v) is 15.3. The van der Waals surface area contributed by atoms with Crippen LogP contribution in [0.1, 0.15) is 32.3 Å². The van der Waals surface area contributed by atoms with Crippen molar-refractivity contribution in [3.63, 3.8) is 0 Å². The summed E-state index contributed by atoms with van der Waals surface area (Å²) in [5.41, 5.74) is 0.694. The van der Waals surface area contributed by atoms with Crippen LogP contribution in [-0.2, 0) is 11.2 Å². The van der Waals surface area contributed by atoms with Gasteiger partial charge < -0.3 is 14.8 Å². The van der Waals surface area contributed by atoms with Crippen molar-refractivity contribution in [1.82, 2.24) is 10.3 Å². The number of urea groups is 1. The highest BCUT2D eigenvalue weighted by Gasteiger charge is 2.47. The van der Waals surface area contributed by atoms with E-state index in [2.05, 4.69) is 10.3 Å². The summed E-state index contributed by atoms with van der Waals surface area (Å²) >= 11 is 0. The number of pyridine rings is 1. The van der Waals surface area contributed by atoms with Gasteiger partial charge in [0.05, 0.1) is 12.3 Å². The van der Waals surface area contributed by atoms with Crippen LogP contribution in [0.25, 0.3) is 0 Å². The molecular formula is C20H21N3O4. The molecule has 0 radical (unpaired) electrons. The number of hydrogen-bond acceptors (Lipinski definition) is 5. The smallest absolute Gasteiger partial charge is 0.329 e. The lowest BCUT2D eigenvalue weighted by Crippen LogP contribution is -2.43. The Labute approximate surface area is 157 Å². The third-order valence-corrected chi connectivity index (χ3v) is 5.05. The van der Waals surface area contributed by atoms with E-state index < -0.39 is 11.6 Å². The summed E-state index contributed by atoms with van der Waals surface area (Å²) in [6.45, 7) is 4.28. The minimum absolute atomic E-state index is 0.283. The molecule has 27 heavy (non-hydrogen) atoms. The minimum Gasteiger partial charge on any atom is -0.493 e. The molecule has 1 saturated heterocycles. The highest BCUT2D eigenvalue weighted by Crippen LogP contribution is 2.33. The lowest BCUT2D eigenvalue weighted by Gasteiger charge is -2.19. The van der Waals surface area contributed by atoms with E-state index in [-0.39, 0.29) is 5.91 Å². The molecule has 1 aromatic carbocycles. The largest absolute Gasteiger partial charge is 0.493 e. The Morgan fingerprint density at radius 3 is 2.93 bits per heavy atom. The van der Waals surface area contributed by atoms with Gasteiger partial charge in [-0.2, -0.15) is 0 Å². The molecule has 1 atom stereocenters. The molecule has 3 amide bonds. The van der Waals surface area contributed by atoms with E-state index in [0.717, 1.165) is 29.1 Å². The summed E-state index contributed by atoms with van der Waals surface area (Å²) < 4.78 is 11.5. The first-order valence-electron chi connectivity index (χ1n) is 9.06. The first-order chi connectivity index (χ1) is 13.0. The van der Waals surface area contributed by atoms with Crippen LogP contribution in [0.2, 0.25) is 0 Å². The molecule has 7 nitrogen and oxygen atoms in total. The first-order valence-corrected chi connectivity index (χ1v) is 9.06. The van der Waals surface area contributed by atoms with E-state index in [0.29, 0.717) is 30.3 Å². The SMILES string of the molecule is CCC1(C)NC(=O)N(c2ccnc(Oc3ccc4c(c3)OCCC4)c2)C1=O. The molecule has 2 aromatic rings. The molecule has 1 aromatic heterocycles. The third kappa shape index (κ3) is 3.09. The minimum atomic E-state index is -0.892. The number of carbonyl (C=O) groups excluding carboxylic acids is 2. The topological polar surface area (TPSA) is 80.8 Å². The van der Waals surface area contributed by atoms with Crippen LogP contribution in [0.4, 0.5) is 10.5 Å². The molecule has 0 aliphatic carbocycles. The van der Waals surface area contributed by atoms with E-state index in [1.54, 1.807) is 19.1 Å². The average Bonchev–Trinajstić information content (AvgIpc) is 2.91. The summed E-state index contributed by atoms with van der Waals surface area (Å²) in [5, 5.41) is 2.74. The fraction of sp³-hybridized carbons (Fsp3) is 0.350. The van der Waals surface area contributed by atoms with Crippen LogP contribution in [0.5, 0.6) is 17.4 Å². The summed E-state index contributed by atoms with van der Waals surface area (Å²) in [4.78, 5) is 30.3. The molecular weight excluding hydrogens is 346 g/mol. The molecule has 2 aliphatic rings. The Hall–Kier alpha value is -3.09. The van der Waals surface area contributed by atoms with Gasteiger partial charge in [0, 0.05) is 18.3 Å². The molecule has 1 unspecified atom stereocenters. The van der Waals surface area contributed by atoms with Crippen molar-refractivity contribution in [3.05, 3.63) is 42.1 Å². The van der Waals surface area contributed by atoms with Crippen LogP contribution in [-0.4, -0.2) is 29.1 Å². The lowest BCUT2D eigenvalue weighted by atomic mass is 9.99. The van der Waals surface area contributed by atoms with Gasteiger partial charge >= 0.3 is 6.03 Å². The molecule has 1 N–H and O–H groups in total. The van der Waals surface area contributed by atoms with Crippen molar-refractivity contribution in [1.29, 1.82) is 0 Å². The Morgan fingerprint density at radius 1 is 1.30 bits per heavy atom. The van der Waals surface area contributed by atoms with Crippen molar-refractivity contribution in [3.8, 4) is 17.4 Å². The fourth-order valence-corrected chi connectivity index (χ4v) is 3.26.